The third kappa shape index (κ3) is 2.05. The Labute approximate surface area is 94.4 Å². The molecule has 1 unspecified atom stereocenters. The maximum absolute atomic E-state index is 6.15. The van der Waals surface area contributed by atoms with Crippen molar-refractivity contribution in [2.45, 2.75) is 25.3 Å². The van der Waals surface area contributed by atoms with Crippen LogP contribution in [0.3, 0.4) is 0 Å². The summed E-state index contributed by atoms with van der Waals surface area (Å²) in [5.74, 6) is 0. The monoisotopic (exact) mass is 229 g/mol. The number of rotatable bonds is 1. The van der Waals surface area contributed by atoms with Crippen LogP contribution in [0.5, 0.6) is 0 Å². The van der Waals surface area contributed by atoms with E-state index in [1.165, 1.54) is 12.8 Å². The van der Waals surface area contributed by atoms with E-state index >= 15 is 0 Å². The summed E-state index contributed by atoms with van der Waals surface area (Å²) < 4.78 is 0. The minimum atomic E-state index is 0.384. The lowest BCUT2D eigenvalue weighted by molar-refractivity contribution is 0.412. The molecule has 3 heteroatoms. The highest BCUT2D eigenvalue weighted by Crippen LogP contribution is 2.33. The first-order valence-corrected chi connectivity index (χ1v) is 5.72. The van der Waals surface area contributed by atoms with Crippen LogP contribution >= 0.6 is 23.2 Å². The van der Waals surface area contributed by atoms with Crippen LogP contribution in [0.15, 0.2) is 18.2 Å². The topological polar surface area (TPSA) is 12.0 Å². The molecule has 1 atom stereocenters. The van der Waals surface area contributed by atoms with Gasteiger partial charge in [-0.1, -0.05) is 41.8 Å². The average molecular weight is 230 g/mol. The van der Waals surface area contributed by atoms with E-state index in [4.69, 9.17) is 23.2 Å². The van der Waals surface area contributed by atoms with Crippen molar-refractivity contribution in [2.75, 3.05) is 6.54 Å². The minimum absolute atomic E-state index is 0.384. The minimum Gasteiger partial charge on any atom is -0.310 e. The SMILES string of the molecule is Clc1cccc(C2CCCCN2)c1Cl. The molecule has 1 aromatic carbocycles. The largest absolute Gasteiger partial charge is 0.310 e. The fourth-order valence-electron chi connectivity index (χ4n) is 1.91. The van der Waals surface area contributed by atoms with Gasteiger partial charge >= 0.3 is 0 Å². The van der Waals surface area contributed by atoms with Crippen LogP contribution in [0, 0.1) is 0 Å². The van der Waals surface area contributed by atoms with E-state index < -0.39 is 0 Å². The van der Waals surface area contributed by atoms with Gasteiger partial charge in [0.15, 0.2) is 0 Å². The van der Waals surface area contributed by atoms with Crippen molar-refractivity contribution in [3.8, 4) is 0 Å². The Morgan fingerprint density at radius 2 is 2.07 bits per heavy atom. The maximum atomic E-state index is 6.15. The molecular formula is C11H13Cl2N. The molecule has 0 radical (unpaired) electrons. The fraction of sp³-hybridized carbons (Fsp3) is 0.455. The van der Waals surface area contributed by atoms with Gasteiger partial charge in [0.05, 0.1) is 10.0 Å². The van der Waals surface area contributed by atoms with Crippen molar-refractivity contribution in [1.29, 1.82) is 0 Å². The van der Waals surface area contributed by atoms with Crippen LogP contribution in [-0.2, 0) is 0 Å². The smallest absolute Gasteiger partial charge is 0.0640 e. The summed E-state index contributed by atoms with van der Waals surface area (Å²) in [7, 11) is 0. The third-order valence-electron chi connectivity index (χ3n) is 2.67. The molecule has 0 aliphatic carbocycles. The first-order chi connectivity index (χ1) is 6.79. The number of halogens is 2. The first-order valence-electron chi connectivity index (χ1n) is 4.96. The summed E-state index contributed by atoms with van der Waals surface area (Å²) >= 11 is 12.1. The second-order valence-corrected chi connectivity index (χ2v) is 4.43. The molecule has 1 aliphatic rings. The van der Waals surface area contributed by atoms with Crippen LogP contribution < -0.4 is 5.32 Å². The molecule has 1 aromatic rings. The van der Waals surface area contributed by atoms with E-state index in [-0.39, 0.29) is 0 Å². The van der Waals surface area contributed by atoms with Crippen LogP contribution in [0.2, 0.25) is 10.0 Å². The first kappa shape index (κ1) is 10.3. The van der Waals surface area contributed by atoms with Gasteiger partial charge in [0.25, 0.3) is 0 Å². The molecule has 0 amide bonds. The van der Waals surface area contributed by atoms with Gasteiger partial charge < -0.3 is 5.32 Å². The van der Waals surface area contributed by atoms with Crippen LogP contribution in [0.4, 0.5) is 0 Å². The van der Waals surface area contributed by atoms with Gasteiger partial charge in [0, 0.05) is 6.04 Å². The van der Waals surface area contributed by atoms with Gasteiger partial charge in [-0.3, -0.25) is 0 Å². The lowest BCUT2D eigenvalue weighted by Gasteiger charge is -2.24. The zero-order valence-corrected chi connectivity index (χ0v) is 9.41. The molecule has 76 valence electrons. The lowest BCUT2D eigenvalue weighted by atomic mass is 9.97. The Morgan fingerprint density at radius 1 is 1.21 bits per heavy atom. The van der Waals surface area contributed by atoms with E-state index in [0.717, 1.165) is 18.5 Å². The Bertz CT molecular complexity index is 319. The fourth-order valence-corrected chi connectivity index (χ4v) is 2.35. The molecule has 2 rings (SSSR count). The van der Waals surface area contributed by atoms with Crippen molar-refractivity contribution < 1.29 is 0 Å². The van der Waals surface area contributed by atoms with E-state index in [2.05, 4.69) is 11.4 Å². The van der Waals surface area contributed by atoms with E-state index in [1.807, 2.05) is 12.1 Å². The molecular weight excluding hydrogens is 217 g/mol. The number of hydrogen-bond donors (Lipinski definition) is 1. The van der Waals surface area contributed by atoms with Gasteiger partial charge in [-0.15, -0.1) is 0 Å². The Hall–Kier alpha value is -0.240. The van der Waals surface area contributed by atoms with Crippen molar-refractivity contribution >= 4 is 23.2 Å². The summed E-state index contributed by atoms with van der Waals surface area (Å²) in [4.78, 5) is 0. The summed E-state index contributed by atoms with van der Waals surface area (Å²) in [6.07, 6.45) is 3.68. The Morgan fingerprint density at radius 3 is 2.79 bits per heavy atom. The lowest BCUT2D eigenvalue weighted by Crippen LogP contribution is -2.26. The van der Waals surface area contributed by atoms with Crippen molar-refractivity contribution in [3.05, 3.63) is 33.8 Å². The van der Waals surface area contributed by atoms with Crippen molar-refractivity contribution in [2.24, 2.45) is 0 Å². The summed E-state index contributed by atoms with van der Waals surface area (Å²) in [6.45, 7) is 1.08. The van der Waals surface area contributed by atoms with E-state index in [9.17, 15) is 0 Å². The van der Waals surface area contributed by atoms with Crippen molar-refractivity contribution in [3.63, 3.8) is 0 Å². The van der Waals surface area contributed by atoms with Gasteiger partial charge in [-0.25, -0.2) is 0 Å². The standard InChI is InChI=1S/C11H13Cl2N/c12-9-5-3-4-8(11(9)13)10-6-1-2-7-14-10/h3-5,10,14H,1-2,6-7H2. The van der Waals surface area contributed by atoms with Gasteiger partial charge in [0.1, 0.15) is 0 Å². The molecule has 1 N–H and O–H groups in total. The van der Waals surface area contributed by atoms with Gasteiger partial charge in [-0.05, 0) is 31.0 Å². The summed E-state index contributed by atoms with van der Waals surface area (Å²) in [5.41, 5.74) is 1.14. The molecule has 14 heavy (non-hydrogen) atoms. The van der Waals surface area contributed by atoms with Crippen LogP contribution in [-0.4, -0.2) is 6.54 Å². The normalized spacial score (nSPS) is 22.3. The Balaban J connectivity index is 2.26. The maximum Gasteiger partial charge on any atom is 0.0640 e. The average Bonchev–Trinajstić information content (AvgIpc) is 2.23. The highest BCUT2D eigenvalue weighted by Gasteiger charge is 2.17. The molecule has 0 spiro atoms. The number of piperidine rings is 1. The molecule has 0 bridgehead atoms. The zero-order valence-electron chi connectivity index (χ0n) is 7.89. The van der Waals surface area contributed by atoms with Crippen molar-refractivity contribution in [1.82, 2.24) is 5.32 Å². The molecule has 1 saturated heterocycles. The highest BCUT2D eigenvalue weighted by atomic mass is 35.5. The molecule has 1 aliphatic heterocycles. The second-order valence-electron chi connectivity index (χ2n) is 3.65. The predicted octanol–water partition coefficient (Wildman–Crippen LogP) is 3.81. The van der Waals surface area contributed by atoms with E-state index in [0.29, 0.717) is 16.1 Å². The second kappa shape index (κ2) is 4.52. The summed E-state index contributed by atoms with van der Waals surface area (Å²) in [5, 5.41) is 4.81. The van der Waals surface area contributed by atoms with Crippen LogP contribution in [0.1, 0.15) is 30.9 Å². The van der Waals surface area contributed by atoms with Gasteiger partial charge in [-0.2, -0.15) is 0 Å². The Kier molecular flexibility index (Phi) is 3.32. The molecule has 1 fully saturated rings. The molecule has 0 saturated carbocycles. The third-order valence-corrected chi connectivity index (χ3v) is 3.50. The number of nitrogens with one attached hydrogen (secondary N) is 1. The molecule has 0 aromatic heterocycles. The van der Waals surface area contributed by atoms with Gasteiger partial charge in [0.2, 0.25) is 0 Å². The highest BCUT2D eigenvalue weighted by molar-refractivity contribution is 6.42. The predicted molar refractivity (Wildman–Crippen MR) is 61.1 cm³/mol. The van der Waals surface area contributed by atoms with E-state index in [1.54, 1.807) is 0 Å². The molecule has 1 nitrogen and oxygen atoms in total. The van der Waals surface area contributed by atoms with Crippen LogP contribution in [0.25, 0.3) is 0 Å². The number of hydrogen-bond acceptors (Lipinski definition) is 1. The quantitative estimate of drug-likeness (QED) is 0.773. The number of benzene rings is 1. The molecule has 1 heterocycles. The zero-order chi connectivity index (χ0) is 9.97. The summed E-state index contributed by atoms with van der Waals surface area (Å²) in [6, 6.07) is 6.22.